The Morgan fingerprint density at radius 2 is 2.17 bits per heavy atom. The van der Waals surface area contributed by atoms with Crippen molar-refractivity contribution in [1.29, 1.82) is 0 Å². The summed E-state index contributed by atoms with van der Waals surface area (Å²) in [4.78, 5) is 14.9. The third-order valence-corrected chi connectivity index (χ3v) is 2.38. The lowest BCUT2D eigenvalue weighted by molar-refractivity contribution is -0.123. The van der Waals surface area contributed by atoms with Gasteiger partial charge in [0.2, 0.25) is 0 Å². The zero-order valence-corrected chi connectivity index (χ0v) is 10.0. The Balaban J connectivity index is 2.01. The van der Waals surface area contributed by atoms with Crippen LogP contribution in [-0.2, 0) is 11.3 Å². The molecule has 0 radical (unpaired) electrons. The third kappa shape index (κ3) is 3.04. The van der Waals surface area contributed by atoms with Crippen LogP contribution in [0.5, 0.6) is 0 Å². The third-order valence-electron chi connectivity index (χ3n) is 2.18. The molecule has 18 heavy (non-hydrogen) atoms. The summed E-state index contributed by atoms with van der Waals surface area (Å²) in [5.41, 5.74) is -1.20. The maximum Gasteiger partial charge on any atom is 0.270 e. The molecule has 1 aromatic heterocycles. The molecule has 1 N–H and O–H groups in total. The normalized spacial score (nSPS) is 12.1. The fraction of sp³-hybridized carbons (Fsp3) is 0.182. The summed E-state index contributed by atoms with van der Waals surface area (Å²) in [6.45, 7) is 0.0335. The van der Waals surface area contributed by atoms with Crippen LogP contribution in [0.2, 0.25) is 0 Å². The fourth-order valence-corrected chi connectivity index (χ4v) is 1.40. The summed E-state index contributed by atoms with van der Waals surface area (Å²) in [5, 5.41) is 6.42. The molecule has 0 bridgehead atoms. The Labute approximate surface area is 108 Å². The van der Waals surface area contributed by atoms with E-state index in [4.69, 9.17) is 11.6 Å². The molecule has 2 rings (SSSR count). The van der Waals surface area contributed by atoms with E-state index in [1.165, 1.54) is 6.33 Å². The average Bonchev–Trinajstić information content (AvgIpc) is 2.85. The molecule has 0 aliphatic carbocycles. The highest BCUT2D eigenvalue weighted by atomic mass is 35.5. The predicted octanol–water partition coefficient (Wildman–Crippen LogP) is 1.42. The SMILES string of the molecule is O=C(NCc1ncn(-c2ccccc2)n1)C(F)Cl. The summed E-state index contributed by atoms with van der Waals surface area (Å²) in [6, 6.07) is 9.38. The zero-order chi connectivity index (χ0) is 13.0. The number of hydrogen-bond donors (Lipinski definition) is 1. The summed E-state index contributed by atoms with van der Waals surface area (Å²) in [7, 11) is 0. The van der Waals surface area contributed by atoms with Crippen LogP contribution >= 0.6 is 11.6 Å². The van der Waals surface area contributed by atoms with Crippen molar-refractivity contribution < 1.29 is 9.18 Å². The maximum absolute atomic E-state index is 12.4. The molecule has 2 aromatic rings. The second-order valence-electron chi connectivity index (χ2n) is 3.46. The van der Waals surface area contributed by atoms with Crippen molar-refractivity contribution in [3.8, 4) is 5.69 Å². The van der Waals surface area contributed by atoms with Crippen LogP contribution in [0.15, 0.2) is 36.7 Å². The van der Waals surface area contributed by atoms with Crippen LogP contribution < -0.4 is 5.32 Å². The van der Waals surface area contributed by atoms with Crippen LogP contribution in [0.4, 0.5) is 4.39 Å². The number of carbonyl (C=O) groups is 1. The van der Waals surface area contributed by atoms with Gasteiger partial charge in [0.25, 0.3) is 11.5 Å². The van der Waals surface area contributed by atoms with Gasteiger partial charge in [0, 0.05) is 0 Å². The fourth-order valence-electron chi connectivity index (χ4n) is 1.33. The number of para-hydroxylation sites is 1. The molecular weight excluding hydrogens is 259 g/mol. The number of rotatable bonds is 4. The van der Waals surface area contributed by atoms with E-state index >= 15 is 0 Å². The van der Waals surface area contributed by atoms with Crippen molar-refractivity contribution in [2.75, 3.05) is 0 Å². The van der Waals surface area contributed by atoms with Crippen LogP contribution in [-0.4, -0.2) is 26.3 Å². The van der Waals surface area contributed by atoms with Crippen molar-refractivity contribution in [3.63, 3.8) is 0 Å². The van der Waals surface area contributed by atoms with Crippen LogP contribution in [0, 0.1) is 0 Å². The number of alkyl halides is 2. The smallest absolute Gasteiger partial charge is 0.270 e. The molecule has 0 saturated heterocycles. The molecule has 1 unspecified atom stereocenters. The van der Waals surface area contributed by atoms with Crippen molar-refractivity contribution >= 4 is 17.5 Å². The van der Waals surface area contributed by atoms with Crippen LogP contribution in [0.3, 0.4) is 0 Å². The topological polar surface area (TPSA) is 59.8 Å². The Morgan fingerprint density at radius 3 is 2.83 bits per heavy atom. The highest BCUT2D eigenvalue weighted by Gasteiger charge is 2.13. The minimum absolute atomic E-state index is 0.0335. The van der Waals surface area contributed by atoms with Crippen molar-refractivity contribution in [1.82, 2.24) is 20.1 Å². The second-order valence-corrected chi connectivity index (χ2v) is 3.84. The molecule has 7 heteroatoms. The van der Waals surface area contributed by atoms with Gasteiger partial charge < -0.3 is 5.32 Å². The minimum Gasteiger partial charge on any atom is -0.345 e. The number of nitrogens with one attached hydrogen (secondary N) is 1. The first-order valence-corrected chi connectivity index (χ1v) is 5.62. The lowest BCUT2D eigenvalue weighted by atomic mass is 10.3. The predicted molar refractivity (Wildman–Crippen MR) is 64.0 cm³/mol. The number of aromatic nitrogens is 3. The molecular formula is C11H10ClFN4O. The number of nitrogens with zero attached hydrogens (tertiary/aromatic N) is 3. The molecule has 1 aromatic carbocycles. The van der Waals surface area contributed by atoms with Gasteiger partial charge in [-0.3, -0.25) is 4.79 Å². The molecule has 0 spiro atoms. The summed E-state index contributed by atoms with van der Waals surface area (Å²) in [6.07, 6.45) is 1.52. The van der Waals surface area contributed by atoms with E-state index in [-0.39, 0.29) is 6.54 Å². The Hall–Kier alpha value is -1.95. The van der Waals surface area contributed by atoms with Crippen molar-refractivity contribution in [2.45, 2.75) is 12.2 Å². The standard InChI is InChI=1S/C11H10ClFN4O/c12-10(13)11(18)14-6-9-15-7-17(16-9)8-4-2-1-3-5-8/h1-5,7,10H,6H2,(H,14,18). The van der Waals surface area contributed by atoms with Gasteiger partial charge in [-0.15, -0.1) is 5.10 Å². The summed E-state index contributed by atoms with van der Waals surface area (Å²) >= 11 is 4.97. The van der Waals surface area contributed by atoms with Gasteiger partial charge in [-0.1, -0.05) is 29.8 Å². The van der Waals surface area contributed by atoms with Crippen LogP contribution in [0.25, 0.3) is 5.69 Å². The summed E-state index contributed by atoms with van der Waals surface area (Å²) < 4.78 is 13.9. The number of amides is 1. The van der Waals surface area contributed by atoms with Gasteiger partial charge in [-0.25, -0.2) is 14.1 Å². The molecule has 0 fully saturated rings. The highest BCUT2D eigenvalue weighted by Crippen LogP contribution is 2.04. The minimum atomic E-state index is -2.05. The van der Waals surface area contributed by atoms with Gasteiger partial charge in [0.1, 0.15) is 6.33 Å². The largest absolute Gasteiger partial charge is 0.345 e. The molecule has 1 heterocycles. The van der Waals surface area contributed by atoms with E-state index in [1.54, 1.807) is 4.68 Å². The monoisotopic (exact) mass is 268 g/mol. The first-order valence-electron chi connectivity index (χ1n) is 5.18. The zero-order valence-electron chi connectivity index (χ0n) is 9.25. The summed E-state index contributed by atoms with van der Waals surface area (Å²) in [5.74, 6) is -0.516. The van der Waals surface area contributed by atoms with E-state index < -0.39 is 11.5 Å². The Bertz CT molecular complexity index is 529. The van der Waals surface area contributed by atoms with Gasteiger partial charge in [-0.05, 0) is 12.1 Å². The Kier molecular flexibility index (Phi) is 3.88. The van der Waals surface area contributed by atoms with E-state index in [1.807, 2.05) is 30.3 Å². The molecule has 0 saturated carbocycles. The van der Waals surface area contributed by atoms with Gasteiger partial charge in [-0.2, -0.15) is 0 Å². The molecule has 1 atom stereocenters. The van der Waals surface area contributed by atoms with Crippen molar-refractivity contribution in [3.05, 3.63) is 42.5 Å². The number of benzene rings is 1. The maximum atomic E-state index is 12.4. The number of carbonyl (C=O) groups excluding carboxylic acids is 1. The molecule has 0 aliphatic heterocycles. The molecule has 5 nitrogen and oxygen atoms in total. The van der Waals surface area contributed by atoms with Crippen molar-refractivity contribution in [2.24, 2.45) is 0 Å². The first-order chi connectivity index (χ1) is 8.66. The van der Waals surface area contributed by atoms with E-state index in [0.717, 1.165) is 5.69 Å². The van der Waals surface area contributed by atoms with Crippen LogP contribution in [0.1, 0.15) is 5.82 Å². The van der Waals surface area contributed by atoms with E-state index in [9.17, 15) is 9.18 Å². The number of hydrogen-bond acceptors (Lipinski definition) is 3. The number of halogens is 2. The average molecular weight is 269 g/mol. The van der Waals surface area contributed by atoms with E-state index in [2.05, 4.69) is 15.4 Å². The Morgan fingerprint density at radius 1 is 1.44 bits per heavy atom. The lowest BCUT2D eigenvalue weighted by Crippen LogP contribution is -2.28. The quantitative estimate of drug-likeness (QED) is 0.853. The molecule has 1 amide bonds. The van der Waals surface area contributed by atoms with Gasteiger partial charge in [0.15, 0.2) is 5.82 Å². The highest BCUT2D eigenvalue weighted by molar-refractivity contribution is 6.29. The second kappa shape index (κ2) is 5.59. The lowest BCUT2D eigenvalue weighted by Gasteiger charge is -2.01. The molecule has 94 valence electrons. The first kappa shape index (κ1) is 12.5. The molecule has 0 aliphatic rings. The van der Waals surface area contributed by atoms with Gasteiger partial charge in [0.05, 0.1) is 12.2 Å². The van der Waals surface area contributed by atoms with Gasteiger partial charge >= 0.3 is 0 Å². The van der Waals surface area contributed by atoms with E-state index in [0.29, 0.717) is 5.82 Å².